The van der Waals surface area contributed by atoms with E-state index in [2.05, 4.69) is 4.98 Å². The van der Waals surface area contributed by atoms with Crippen molar-refractivity contribution >= 4 is 27.5 Å². The first-order chi connectivity index (χ1) is 15.7. The molecule has 0 aliphatic heterocycles. The molecule has 1 amide bonds. The van der Waals surface area contributed by atoms with Crippen LogP contribution in [0.2, 0.25) is 5.02 Å². The number of ether oxygens (including phenoxy) is 1. The monoisotopic (exact) mass is 492 g/mol. The number of hydrogen-bond acceptors (Lipinski definition) is 5. The summed E-state index contributed by atoms with van der Waals surface area (Å²) in [4.78, 5) is 16.3. The second-order valence-corrected chi connectivity index (χ2v) is 11.7. The summed E-state index contributed by atoms with van der Waals surface area (Å²) >= 11 is 6.52. The van der Waals surface area contributed by atoms with Crippen LogP contribution in [0.3, 0.4) is 0 Å². The summed E-state index contributed by atoms with van der Waals surface area (Å²) in [7, 11) is -4.33. The number of halogens is 2. The largest absolute Gasteiger partial charge is 0.476 e. The number of hydrogen-bond donors (Lipinski definition) is 1. The van der Waals surface area contributed by atoms with E-state index in [1.165, 1.54) is 31.7 Å². The van der Waals surface area contributed by atoms with E-state index in [-0.39, 0.29) is 5.92 Å². The van der Waals surface area contributed by atoms with Gasteiger partial charge in [0.15, 0.2) is 10.6 Å². The Morgan fingerprint density at radius 2 is 1.82 bits per heavy atom. The van der Waals surface area contributed by atoms with Gasteiger partial charge in [-0.2, -0.15) is 12.8 Å². The molecule has 1 N–H and O–H groups in total. The van der Waals surface area contributed by atoms with Crippen LogP contribution in [-0.4, -0.2) is 24.9 Å². The van der Waals surface area contributed by atoms with E-state index in [1.54, 1.807) is 6.07 Å². The highest BCUT2D eigenvalue weighted by Gasteiger charge is 2.55. The van der Waals surface area contributed by atoms with E-state index in [9.17, 15) is 17.6 Å². The van der Waals surface area contributed by atoms with Crippen LogP contribution >= 0.6 is 11.6 Å². The molecule has 1 aromatic heterocycles. The lowest BCUT2D eigenvalue weighted by Crippen LogP contribution is -2.43. The minimum atomic E-state index is -4.33. The first kappa shape index (κ1) is 22.6. The van der Waals surface area contributed by atoms with Gasteiger partial charge in [0.1, 0.15) is 5.75 Å². The van der Waals surface area contributed by atoms with Gasteiger partial charge in [-0.1, -0.05) is 36.2 Å². The van der Waals surface area contributed by atoms with Gasteiger partial charge in [0, 0.05) is 12.8 Å². The molecule has 0 radical (unpaired) electrons. The first-order valence-electron chi connectivity index (χ1n) is 11.4. The predicted molar refractivity (Wildman–Crippen MR) is 121 cm³/mol. The molecule has 2 aromatic rings. The Morgan fingerprint density at radius 3 is 2.52 bits per heavy atom. The fourth-order valence-electron chi connectivity index (χ4n) is 4.91. The van der Waals surface area contributed by atoms with Crippen molar-refractivity contribution in [3.63, 3.8) is 0 Å². The summed E-state index contributed by atoms with van der Waals surface area (Å²) in [5.74, 6) is -0.986. The van der Waals surface area contributed by atoms with E-state index in [1.807, 2.05) is 16.9 Å². The van der Waals surface area contributed by atoms with E-state index >= 15 is 0 Å². The smallest absolute Gasteiger partial charge is 0.281 e. The van der Waals surface area contributed by atoms with E-state index in [0.717, 1.165) is 37.0 Å². The van der Waals surface area contributed by atoms with Crippen molar-refractivity contribution in [2.45, 2.75) is 74.3 Å². The van der Waals surface area contributed by atoms with Gasteiger partial charge in [-0.25, -0.2) is 9.71 Å². The van der Waals surface area contributed by atoms with E-state index in [0.29, 0.717) is 29.0 Å². The van der Waals surface area contributed by atoms with Crippen molar-refractivity contribution in [1.82, 2.24) is 9.71 Å². The summed E-state index contributed by atoms with van der Waals surface area (Å²) in [6.07, 6.45) is 9.06. The maximum Gasteiger partial charge on any atom is 0.281 e. The zero-order valence-electron chi connectivity index (χ0n) is 18.1. The molecule has 3 aliphatic rings. The van der Waals surface area contributed by atoms with E-state index < -0.39 is 32.5 Å². The Hall–Kier alpha value is -2.19. The number of aromatic nitrogens is 1. The third-order valence-corrected chi connectivity index (χ3v) is 8.81. The van der Waals surface area contributed by atoms with Gasteiger partial charge < -0.3 is 4.74 Å². The van der Waals surface area contributed by atoms with Crippen molar-refractivity contribution in [3.05, 3.63) is 52.9 Å². The minimum Gasteiger partial charge on any atom is -0.476 e. The van der Waals surface area contributed by atoms with Crippen LogP contribution in [0.25, 0.3) is 0 Å². The highest BCUT2D eigenvalue weighted by atomic mass is 35.5. The van der Waals surface area contributed by atoms with Crippen molar-refractivity contribution < 1.29 is 22.3 Å². The molecular weight excluding hydrogens is 467 g/mol. The SMILES string of the molecule is O=C(NS(=O)(=O)c1cccc(F)n1)C1(Oc2c(Cl)cccc2C2CCCC3(CC2)CC3)CC1. The minimum absolute atomic E-state index is 0.290. The predicted octanol–water partition coefficient (Wildman–Crippen LogP) is 5.12. The molecule has 33 heavy (non-hydrogen) atoms. The van der Waals surface area contributed by atoms with Crippen LogP contribution < -0.4 is 9.46 Å². The molecule has 6 nitrogen and oxygen atoms in total. The standard InChI is InChI=1S/C24H26ClFN2O4S/c25-18-6-1-5-17(16-4-3-10-23(11-9-16)12-13-23)21(18)32-24(14-15-24)22(29)28-33(30,31)20-8-2-7-19(26)27-20/h1-2,5-8,16H,3-4,9-15H2,(H,28,29). The van der Waals surface area contributed by atoms with Crippen LogP contribution in [0.4, 0.5) is 4.39 Å². The van der Waals surface area contributed by atoms with Gasteiger partial charge in [0.25, 0.3) is 15.9 Å². The maximum atomic E-state index is 13.4. The number of nitrogens with one attached hydrogen (secondary N) is 1. The topological polar surface area (TPSA) is 85.4 Å². The summed E-state index contributed by atoms with van der Waals surface area (Å²) in [6.45, 7) is 0. The van der Waals surface area contributed by atoms with Crippen molar-refractivity contribution in [1.29, 1.82) is 0 Å². The number of pyridine rings is 1. The average Bonchev–Trinajstić information content (AvgIpc) is 3.69. The first-order valence-corrected chi connectivity index (χ1v) is 13.3. The number of amides is 1. The summed E-state index contributed by atoms with van der Waals surface area (Å²) < 4.78 is 46.7. The molecule has 1 unspecified atom stereocenters. The third-order valence-electron chi connectivity index (χ3n) is 7.28. The van der Waals surface area contributed by atoms with Gasteiger partial charge in [0.2, 0.25) is 5.95 Å². The second-order valence-electron chi connectivity index (χ2n) is 9.62. The van der Waals surface area contributed by atoms with Crippen LogP contribution in [0.1, 0.15) is 69.3 Å². The number of rotatable bonds is 6. The molecule has 0 bridgehead atoms. The van der Waals surface area contributed by atoms with Crippen LogP contribution in [0.15, 0.2) is 41.4 Å². The maximum absolute atomic E-state index is 13.4. The molecule has 1 aromatic carbocycles. The number of carbonyl (C=O) groups excluding carboxylic acids is 1. The van der Waals surface area contributed by atoms with Gasteiger partial charge in [-0.15, -0.1) is 0 Å². The Kier molecular flexibility index (Phi) is 5.64. The fraction of sp³-hybridized carbons (Fsp3) is 0.500. The van der Waals surface area contributed by atoms with Crippen molar-refractivity contribution in [2.24, 2.45) is 5.41 Å². The molecule has 9 heteroatoms. The number of carbonyl (C=O) groups is 1. The molecule has 1 atom stereocenters. The molecule has 3 fully saturated rings. The average molecular weight is 493 g/mol. The van der Waals surface area contributed by atoms with Gasteiger partial charge in [0.05, 0.1) is 5.02 Å². The highest BCUT2D eigenvalue weighted by molar-refractivity contribution is 7.90. The Balaban J connectivity index is 1.36. The zero-order valence-corrected chi connectivity index (χ0v) is 19.7. The van der Waals surface area contributed by atoms with Crippen molar-refractivity contribution in [2.75, 3.05) is 0 Å². The summed E-state index contributed by atoms with van der Waals surface area (Å²) in [6, 6.07) is 8.99. The van der Waals surface area contributed by atoms with Crippen LogP contribution in [0, 0.1) is 11.4 Å². The normalized spacial score (nSPS) is 22.9. The highest BCUT2D eigenvalue weighted by Crippen LogP contribution is 2.57. The molecule has 176 valence electrons. The second kappa shape index (κ2) is 8.24. The van der Waals surface area contributed by atoms with Gasteiger partial charge in [-0.3, -0.25) is 4.79 Å². The lowest BCUT2D eigenvalue weighted by molar-refractivity contribution is -0.128. The summed E-state index contributed by atoms with van der Waals surface area (Å²) in [5, 5.41) is -0.149. The molecule has 0 saturated heterocycles. The lowest BCUT2D eigenvalue weighted by atomic mass is 9.90. The Morgan fingerprint density at radius 1 is 1.06 bits per heavy atom. The van der Waals surface area contributed by atoms with Crippen molar-refractivity contribution in [3.8, 4) is 5.75 Å². The van der Waals surface area contributed by atoms with Gasteiger partial charge in [-0.05, 0) is 73.6 Å². The number of para-hydroxylation sites is 1. The number of nitrogens with zero attached hydrogens (tertiary/aromatic N) is 1. The van der Waals surface area contributed by atoms with Gasteiger partial charge >= 0.3 is 0 Å². The summed E-state index contributed by atoms with van der Waals surface area (Å²) in [5.41, 5.74) is 0.197. The van der Waals surface area contributed by atoms with Crippen LogP contribution in [-0.2, 0) is 14.8 Å². The Labute approximate surface area is 197 Å². The Bertz CT molecular complexity index is 1190. The third kappa shape index (κ3) is 4.60. The molecule has 3 saturated carbocycles. The fourth-order valence-corrected chi connectivity index (χ4v) is 6.13. The molecular formula is C24H26ClFN2O4S. The number of benzene rings is 1. The molecule has 3 aliphatic carbocycles. The molecule has 5 rings (SSSR count). The molecule has 1 heterocycles. The molecule has 1 spiro atoms. The van der Waals surface area contributed by atoms with Crippen LogP contribution in [0.5, 0.6) is 5.75 Å². The quantitative estimate of drug-likeness (QED) is 0.566. The van der Waals surface area contributed by atoms with E-state index in [4.69, 9.17) is 16.3 Å². The number of sulfonamides is 1. The lowest BCUT2D eigenvalue weighted by Gasteiger charge is -2.24. The zero-order chi connectivity index (χ0) is 23.3.